The number of nitriles is 1. The summed E-state index contributed by atoms with van der Waals surface area (Å²) in [5.41, 5.74) is 7.74. The standard InChI is InChI=1S/C9H7BrN4O/c10-6-1-3-7(4-2-6)13-14-8(5-11)9(12)15/h1-4,13H,(H2,12,15)/b14-8+. The Morgan fingerprint density at radius 3 is 2.53 bits per heavy atom. The van der Waals surface area contributed by atoms with E-state index >= 15 is 0 Å². The number of primary amides is 1. The number of hydrogen-bond donors (Lipinski definition) is 2. The Morgan fingerprint density at radius 1 is 1.47 bits per heavy atom. The zero-order valence-corrected chi connectivity index (χ0v) is 9.15. The van der Waals surface area contributed by atoms with Crippen molar-refractivity contribution in [2.75, 3.05) is 5.43 Å². The zero-order valence-electron chi connectivity index (χ0n) is 7.57. The van der Waals surface area contributed by atoms with Crippen molar-refractivity contribution in [1.29, 1.82) is 5.26 Å². The van der Waals surface area contributed by atoms with Crippen LogP contribution in [0, 0.1) is 11.3 Å². The first-order valence-corrected chi connectivity index (χ1v) is 4.72. The van der Waals surface area contributed by atoms with Crippen LogP contribution in [0.15, 0.2) is 33.8 Å². The molecule has 0 saturated heterocycles. The van der Waals surface area contributed by atoms with Gasteiger partial charge in [-0.2, -0.15) is 10.4 Å². The summed E-state index contributed by atoms with van der Waals surface area (Å²) in [4.78, 5) is 10.6. The molecule has 0 atom stereocenters. The van der Waals surface area contributed by atoms with Crippen LogP contribution in [0.1, 0.15) is 0 Å². The largest absolute Gasteiger partial charge is 0.364 e. The average Bonchev–Trinajstić information content (AvgIpc) is 2.21. The van der Waals surface area contributed by atoms with E-state index in [9.17, 15) is 4.79 Å². The number of rotatable bonds is 3. The maximum Gasteiger partial charge on any atom is 0.280 e. The molecule has 0 saturated carbocycles. The summed E-state index contributed by atoms with van der Waals surface area (Å²) in [6.45, 7) is 0. The Balaban J connectivity index is 2.76. The third-order valence-corrected chi connectivity index (χ3v) is 2.01. The van der Waals surface area contributed by atoms with Crippen LogP contribution >= 0.6 is 15.9 Å². The van der Waals surface area contributed by atoms with Crippen LogP contribution in [0.3, 0.4) is 0 Å². The number of nitrogens with zero attached hydrogens (tertiary/aromatic N) is 2. The molecule has 0 aromatic heterocycles. The monoisotopic (exact) mass is 266 g/mol. The number of carbonyl (C=O) groups is 1. The lowest BCUT2D eigenvalue weighted by molar-refractivity contribution is -0.111. The number of amides is 1. The number of halogens is 1. The molecule has 0 heterocycles. The van der Waals surface area contributed by atoms with Gasteiger partial charge in [-0.05, 0) is 24.3 Å². The molecule has 1 rings (SSSR count). The Hall–Kier alpha value is -1.87. The third-order valence-electron chi connectivity index (χ3n) is 1.48. The highest BCUT2D eigenvalue weighted by Gasteiger charge is 2.04. The molecule has 6 heteroatoms. The van der Waals surface area contributed by atoms with Gasteiger partial charge in [0.2, 0.25) is 5.71 Å². The fourth-order valence-electron chi connectivity index (χ4n) is 0.780. The van der Waals surface area contributed by atoms with Crippen LogP contribution in [0.25, 0.3) is 0 Å². The molecule has 76 valence electrons. The number of nitrogens with two attached hydrogens (primary N) is 1. The molecule has 0 aliphatic heterocycles. The Bertz CT molecular complexity index is 432. The van der Waals surface area contributed by atoms with Gasteiger partial charge < -0.3 is 5.73 Å². The van der Waals surface area contributed by atoms with E-state index in [0.29, 0.717) is 5.69 Å². The Labute approximate surface area is 94.7 Å². The van der Waals surface area contributed by atoms with E-state index in [4.69, 9.17) is 11.0 Å². The van der Waals surface area contributed by atoms with Crippen molar-refractivity contribution in [2.24, 2.45) is 10.8 Å². The van der Waals surface area contributed by atoms with Crippen LogP contribution in [-0.4, -0.2) is 11.6 Å². The van der Waals surface area contributed by atoms with E-state index in [0.717, 1.165) is 4.47 Å². The van der Waals surface area contributed by atoms with Crippen molar-refractivity contribution in [2.45, 2.75) is 0 Å². The van der Waals surface area contributed by atoms with Crippen molar-refractivity contribution < 1.29 is 4.79 Å². The Morgan fingerprint density at radius 2 is 2.07 bits per heavy atom. The van der Waals surface area contributed by atoms with E-state index in [2.05, 4.69) is 26.5 Å². The number of carbonyl (C=O) groups excluding carboxylic acids is 1. The molecule has 15 heavy (non-hydrogen) atoms. The lowest BCUT2D eigenvalue weighted by Gasteiger charge is -1.99. The maximum absolute atomic E-state index is 10.6. The number of hydrazone groups is 1. The molecule has 5 nitrogen and oxygen atoms in total. The van der Waals surface area contributed by atoms with Gasteiger partial charge in [-0.3, -0.25) is 10.2 Å². The van der Waals surface area contributed by atoms with E-state index in [1.165, 1.54) is 0 Å². The molecule has 0 aliphatic rings. The minimum atomic E-state index is -0.859. The number of benzene rings is 1. The van der Waals surface area contributed by atoms with Crippen LogP contribution < -0.4 is 11.2 Å². The van der Waals surface area contributed by atoms with Gasteiger partial charge in [0.25, 0.3) is 5.91 Å². The Kier molecular flexibility index (Phi) is 3.83. The quantitative estimate of drug-likeness (QED) is 0.637. The summed E-state index contributed by atoms with van der Waals surface area (Å²) in [5, 5.41) is 12.0. The van der Waals surface area contributed by atoms with Crippen molar-refractivity contribution in [3.8, 4) is 6.07 Å². The van der Waals surface area contributed by atoms with Crippen LogP contribution in [0.5, 0.6) is 0 Å². The number of nitrogens with one attached hydrogen (secondary N) is 1. The second kappa shape index (κ2) is 5.12. The molecule has 0 unspecified atom stereocenters. The number of anilines is 1. The van der Waals surface area contributed by atoms with Gasteiger partial charge in [0.15, 0.2) is 0 Å². The molecule has 0 radical (unpaired) electrons. The predicted molar refractivity (Wildman–Crippen MR) is 60.0 cm³/mol. The highest BCUT2D eigenvalue weighted by Crippen LogP contribution is 2.13. The van der Waals surface area contributed by atoms with E-state index in [1.807, 2.05) is 0 Å². The summed E-state index contributed by atoms with van der Waals surface area (Å²) in [7, 11) is 0. The summed E-state index contributed by atoms with van der Waals surface area (Å²) < 4.78 is 0.924. The normalized spacial score (nSPS) is 10.5. The smallest absolute Gasteiger partial charge is 0.280 e. The predicted octanol–water partition coefficient (Wildman–Crippen LogP) is 1.23. The summed E-state index contributed by atoms with van der Waals surface area (Å²) >= 11 is 3.27. The van der Waals surface area contributed by atoms with Gasteiger partial charge in [0.05, 0.1) is 5.69 Å². The van der Waals surface area contributed by atoms with Gasteiger partial charge in [-0.15, -0.1) is 0 Å². The topological polar surface area (TPSA) is 91.3 Å². The van der Waals surface area contributed by atoms with Crippen molar-refractivity contribution in [3.63, 3.8) is 0 Å². The first-order valence-electron chi connectivity index (χ1n) is 3.92. The summed E-state index contributed by atoms with van der Waals surface area (Å²) in [6, 6.07) is 8.67. The fraction of sp³-hybridized carbons (Fsp3) is 0. The maximum atomic E-state index is 10.6. The molecule has 3 N–H and O–H groups in total. The minimum Gasteiger partial charge on any atom is -0.364 e. The molecule has 0 spiro atoms. The third kappa shape index (κ3) is 3.40. The lowest BCUT2D eigenvalue weighted by atomic mass is 10.3. The number of hydrogen-bond acceptors (Lipinski definition) is 4. The summed E-state index contributed by atoms with van der Waals surface area (Å²) in [5.74, 6) is -0.859. The lowest BCUT2D eigenvalue weighted by Crippen LogP contribution is -2.22. The molecule has 0 fully saturated rings. The van der Waals surface area contributed by atoms with E-state index in [1.54, 1.807) is 30.3 Å². The van der Waals surface area contributed by atoms with Crippen LogP contribution in [-0.2, 0) is 4.79 Å². The second-order valence-electron chi connectivity index (χ2n) is 2.56. The average molecular weight is 267 g/mol. The van der Waals surface area contributed by atoms with Crippen LogP contribution in [0.2, 0.25) is 0 Å². The highest BCUT2D eigenvalue weighted by molar-refractivity contribution is 9.10. The molecule has 1 aromatic rings. The van der Waals surface area contributed by atoms with Gasteiger partial charge in [0.1, 0.15) is 6.07 Å². The molecule has 0 bridgehead atoms. The van der Waals surface area contributed by atoms with Crippen molar-refractivity contribution in [1.82, 2.24) is 0 Å². The second-order valence-corrected chi connectivity index (χ2v) is 3.47. The van der Waals surface area contributed by atoms with Crippen molar-refractivity contribution >= 4 is 33.2 Å². The SMILES string of the molecule is N#C/C(=N\Nc1ccc(Br)cc1)C(N)=O. The minimum absolute atomic E-state index is 0.363. The van der Waals surface area contributed by atoms with E-state index in [-0.39, 0.29) is 5.71 Å². The molecule has 1 amide bonds. The molecular weight excluding hydrogens is 260 g/mol. The van der Waals surface area contributed by atoms with Gasteiger partial charge in [-0.25, -0.2) is 0 Å². The van der Waals surface area contributed by atoms with Crippen molar-refractivity contribution in [3.05, 3.63) is 28.7 Å². The fourth-order valence-corrected chi connectivity index (χ4v) is 1.04. The molecular formula is C9H7BrN4O. The van der Waals surface area contributed by atoms with E-state index < -0.39 is 5.91 Å². The van der Waals surface area contributed by atoms with Gasteiger partial charge in [-0.1, -0.05) is 15.9 Å². The van der Waals surface area contributed by atoms with Crippen LogP contribution in [0.4, 0.5) is 5.69 Å². The molecule has 1 aromatic carbocycles. The van der Waals surface area contributed by atoms with Gasteiger partial charge >= 0.3 is 0 Å². The first-order chi connectivity index (χ1) is 7.13. The zero-order chi connectivity index (χ0) is 11.3. The highest BCUT2D eigenvalue weighted by atomic mass is 79.9. The molecule has 0 aliphatic carbocycles. The first kappa shape index (κ1) is 11.2. The summed E-state index contributed by atoms with van der Waals surface area (Å²) in [6.07, 6.45) is 0. The van der Waals surface area contributed by atoms with Gasteiger partial charge in [0, 0.05) is 4.47 Å².